The maximum Gasteiger partial charge on any atom is 0.0741 e. The summed E-state index contributed by atoms with van der Waals surface area (Å²) in [5.41, 5.74) is 10.7. The quantitative estimate of drug-likeness (QED) is 0.328. The van der Waals surface area contributed by atoms with Gasteiger partial charge in [-0.1, -0.05) is 101 Å². The number of hydrogen-bond donors (Lipinski definition) is 0. The van der Waals surface area contributed by atoms with Crippen LogP contribution in [0.15, 0.2) is 158 Å². The molecule has 1 fully saturated rings. The normalized spacial score (nSPS) is 20.6. The Hall–Kier alpha value is -4.30. The first-order chi connectivity index (χ1) is 18.3. The van der Waals surface area contributed by atoms with E-state index in [1.54, 1.807) is 12.2 Å². The molecule has 0 bridgehead atoms. The first-order valence-corrected chi connectivity index (χ1v) is 13.0. The van der Waals surface area contributed by atoms with Crippen molar-refractivity contribution in [2.45, 2.75) is 34.6 Å². The van der Waals surface area contributed by atoms with Crippen LogP contribution in [0.1, 0.15) is 40.2 Å². The average molecular weight is 501 g/mol. The Balaban J connectivity index is 2.57. The highest BCUT2D eigenvalue weighted by molar-refractivity contribution is 5.92. The predicted octanol–water partition coefficient (Wildman–Crippen LogP) is 10.1. The van der Waals surface area contributed by atoms with Crippen LogP contribution in [0.25, 0.3) is 5.57 Å². The van der Waals surface area contributed by atoms with Crippen molar-refractivity contribution in [2.75, 3.05) is 9.80 Å². The summed E-state index contributed by atoms with van der Waals surface area (Å²) in [7, 11) is 0. The number of rotatable bonds is 8. The third-order valence-electron chi connectivity index (χ3n) is 7.14. The second-order valence-electron chi connectivity index (χ2n) is 9.50. The molecular weight excluding hydrogens is 460 g/mol. The largest absolute Gasteiger partial charge is 0.306 e. The molecule has 1 saturated heterocycles. The fourth-order valence-electron chi connectivity index (χ4n) is 5.57. The van der Waals surface area contributed by atoms with Gasteiger partial charge in [-0.2, -0.15) is 0 Å². The van der Waals surface area contributed by atoms with Crippen molar-refractivity contribution >= 4 is 16.9 Å². The molecule has 0 aromatic heterocycles. The molecule has 0 N–H and O–H groups in total. The van der Waals surface area contributed by atoms with E-state index in [2.05, 4.69) is 126 Å². The van der Waals surface area contributed by atoms with Crippen molar-refractivity contribution in [3.8, 4) is 0 Å². The zero-order valence-corrected chi connectivity index (χ0v) is 23.6. The molecule has 2 aliphatic heterocycles. The van der Waals surface area contributed by atoms with Gasteiger partial charge in [-0.15, -0.1) is 0 Å². The molecule has 0 amide bonds. The molecule has 2 nitrogen and oxygen atoms in total. The molecule has 1 aromatic carbocycles. The van der Waals surface area contributed by atoms with E-state index in [0.717, 1.165) is 45.3 Å². The van der Waals surface area contributed by atoms with Crippen molar-refractivity contribution in [3.05, 3.63) is 164 Å². The highest BCUT2D eigenvalue weighted by atomic mass is 15.3. The van der Waals surface area contributed by atoms with E-state index in [0.29, 0.717) is 0 Å². The van der Waals surface area contributed by atoms with Gasteiger partial charge in [0.1, 0.15) is 0 Å². The monoisotopic (exact) mass is 500 g/mol. The summed E-state index contributed by atoms with van der Waals surface area (Å²) in [5, 5.41) is 0. The van der Waals surface area contributed by atoms with Gasteiger partial charge in [-0.05, 0) is 79.5 Å². The van der Waals surface area contributed by atoms with Crippen molar-refractivity contribution in [3.63, 3.8) is 0 Å². The summed E-state index contributed by atoms with van der Waals surface area (Å²) in [6, 6.07) is 6.59. The van der Waals surface area contributed by atoms with Crippen LogP contribution in [0.3, 0.4) is 0 Å². The zero-order valence-electron chi connectivity index (χ0n) is 23.6. The molecule has 1 aromatic rings. The van der Waals surface area contributed by atoms with E-state index in [4.69, 9.17) is 0 Å². The lowest BCUT2D eigenvalue weighted by molar-refractivity contribution is 0.522. The minimum Gasteiger partial charge on any atom is -0.306 e. The first-order valence-electron chi connectivity index (χ1n) is 13.0. The SMILES string of the molecule is C=C/C=C\C(=C/C)c1ccc2c(c1)N1C(=C(C=C)N2/C(C=C)=C/C=C)/C(=C\C)C(C)(C)C(=C/C)/C1=C\C=C. The van der Waals surface area contributed by atoms with Crippen molar-refractivity contribution in [1.82, 2.24) is 0 Å². The number of hydrogen-bond acceptors (Lipinski definition) is 2. The molecule has 3 rings (SSSR count). The van der Waals surface area contributed by atoms with E-state index in [1.165, 1.54) is 11.1 Å². The Bertz CT molecular complexity index is 1390. The molecule has 0 saturated carbocycles. The van der Waals surface area contributed by atoms with Crippen LogP contribution < -0.4 is 9.80 Å². The minimum absolute atomic E-state index is 0.239. The molecule has 2 heteroatoms. The number of anilines is 2. The van der Waals surface area contributed by atoms with Crippen LogP contribution in [-0.4, -0.2) is 0 Å². The lowest BCUT2D eigenvalue weighted by atomic mass is 9.69. The Labute approximate surface area is 230 Å². The second-order valence-corrected chi connectivity index (χ2v) is 9.50. The summed E-state index contributed by atoms with van der Waals surface area (Å²) >= 11 is 0. The highest BCUT2D eigenvalue weighted by Crippen LogP contribution is 2.57. The maximum atomic E-state index is 4.27. The molecule has 0 aliphatic carbocycles. The highest BCUT2D eigenvalue weighted by Gasteiger charge is 2.45. The van der Waals surface area contributed by atoms with E-state index in [1.807, 2.05) is 30.4 Å². The van der Waals surface area contributed by atoms with E-state index in [-0.39, 0.29) is 5.41 Å². The molecule has 2 aliphatic rings. The average Bonchev–Trinajstić information content (AvgIpc) is 2.91. The third-order valence-corrected chi connectivity index (χ3v) is 7.14. The lowest BCUT2D eigenvalue weighted by Gasteiger charge is -2.51. The smallest absolute Gasteiger partial charge is 0.0741 e. The molecule has 0 spiro atoms. The van der Waals surface area contributed by atoms with Crippen LogP contribution in [0.4, 0.5) is 11.4 Å². The van der Waals surface area contributed by atoms with Gasteiger partial charge in [0, 0.05) is 11.1 Å². The minimum atomic E-state index is -0.239. The summed E-state index contributed by atoms with van der Waals surface area (Å²) in [4.78, 5) is 4.59. The number of allylic oxidation sites excluding steroid dienone is 15. The van der Waals surface area contributed by atoms with Crippen molar-refractivity contribution < 1.29 is 0 Å². The number of nitrogens with zero attached hydrogens (tertiary/aromatic N) is 2. The van der Waals surface area contributed by atoms with Crippen LogP contribution in [0, 0.1) is 5.41 Å². The van der Waals surface area contributed by atoms with E-state index < -0.39 is 0 Å². The Kier molecular flexibility index (Phi) is 8.80. The van der Waals surface area contributed by atoms with Gasteiger partial charge in [0.25, 0.3) is 0 Å². The molecule has 194 valence electrons. The molecule has 0 radical (unpaired) electrons. The summed E-state index contributed by atoms with van der Waals surface area (Å²) in [6.45, 7) is 31.1. The molecule has 2 heterocycles. The molecular formula is C36H40N2. The van der Waals surface area contributed by atoms with Crippen LogP contribution >= 0.6 is 0 Å². The van der Waals surface area contributed by atoms with Gasteiger partial charge < -0.3 is 9.80 Å². The third kappa shape index (κ3) is 4.59. The van der Waals surface area contributed by atoms with Gasteiger partial charge >= 0.3 is 0 Å². The second kappa shape index (κ2) is 11.8. The van der Waals surface area contributed by atoms with Crippen LogP contribution in [-0.2, 0) is 0 Å². The number of benzene rings is 1. The summed E-state index contributed by atoms with van der Waals surface area (Å²) in [6.07, 6.45) is 24.0. The molecule has 0 unspecified atom stereocenters. The van der Waals surface area contributed by atoms with Gasteiger partial charge in [0.05, 0.1) is 28.5 Å². The summed E-state index contributed by atoms with van der Waals surface area (Å²) < 4.78 is 0. The molecule has 0 atom stereocenters. The fourth-order valence-corrected chi connectivity index (χ4v) is 5.57. The number of piperidine rings is 1. The van der Waals surface area contributed by atoms with Gasteiger partial charge in [-0.25, -0.2) is 0 Å². The van der Waals surface area contributed by atoms with E-state index >= 15 is 0 Å². The Morgan fingerprint density at radius 1 is 0.868 bits per heavy atom. The van der Waals surface area contributed by atoms with Crippen molar-refractivity contribution in [1.29, 1.82) is 0 Å². The standard InChI is InChI=1S/C36H40N2/c1-11-19-22-26(14-4)27-23-24-33-34(25-27)38-32(21-13-3)29(16-6)36(9,10)30(17-7)35(38)31(18-8)37(33)28(15-5)20-12-2/h11-25H,1-3,5,8H2,4,6-7,9-10H3/b22-19-,26-14+,28-20+,29-16+,30-17+,32-21+. The zero-order chi connectivity index (χ0) is 28.0. The fraction of sp³-hybridized carbons (Fsp3) is 0.167. The topological polar surface area (TPSA) is 6.48 Å². The maximum absolute atomic E-state index is 4.27. The van der Waals surface area contributed by atoms with Gasteiger partial charge in [0.2, 0.25) is 0 Å². The van der Waals surface area contributed by atoms with Crippen LogP contribution in [0.2, 0.25) is 0 Å². The number of fused-ring (bicyclic) bond motifs is 3. The van der Waals surface area contributed by atoms with Gasteiger partial charge in [0.15, 0.2) is 0 Å². The molecule has 38 heavy (non-hydrogen) atoms. The Morgan fingerprint density at radius 2 is 1.58 bits per heavy atom. The first kappa shape index (κ1) is 28.3. The van der Waals surface area contributed by atoms with E-state index in [9.17, 15) is 0 Å². The van der Waals surface area contributed by atoms with Crippen LogP contribution in [0.5, 0.6) is 0 Å². The lowest BCUT2D eigenvalue weighted by Crippen LogP contribution is -2.44. The predicted molar refractivity (Wildman–Crippen MR) is 170 cm³/mol. The van der Waals surface area contributed by atoms with Gasteiger partial charge in [-0.3, -0.25) is 0 Å². The Morgan fingerprint density at radius 3 is 2.11 bits per heavy atom. The summed E-state index contributed by atoms with van der Waals surface area (Å²) in [5.74, 6) is 0. The van der Waals surface area contributed by atoms with Crippen molar-refractivity contribution in [2.24, 2.45) is 5.41 Å².